The first kappa shape index (κ1) is 10.7. The van der Waals surface area contributed by atoms with Crippen LogP contribution < -0.4 is 0 Å². The van der Waals surface area contributed by atoms with Crippen molar-refractivity contribution in [1.29, 1.82) is 0 Å². The Morgan fingerprint density at radius 3 is 2.18 bits per heavy atom. The van der Waals surface area contributed by atoms with Gasteiger partial charge in [-0.2, -0.15) is 0 Å². The molecule has 0 spiro atoms. The molecular weight excluding hydrogens is 218 g/mol. The molecule has 1 atom stereocenters. The third-order valence-corrected chi connectivity index (χ3v) is 4.30. The van der Waals surface area contributed by atoms with Gasteiger partial charge in [0.1, 0.15) is 0 Å². The highest BCUT2D eigenvalue weighted by atomic mass is 16.5. The summed E-state index contributed by atoms with van der Waals surface area (Å²) in [4.78, 5) is 12.5. The standard InChI is InChI=1S/C11H21N5O/c1-12-2-3-17-10(4-12)11-15-6-13-5-14(8-15)9-16(11)7-13/h10-11H,2-9H2,1H3. The summed E-state index contributed by atoms with van der Waals surface area (Å²) in [6.45, 7) is 8.61. The fraction of sp³-hybridized carbons (Fsp3) is 1.00. The molecular formula is C11H21N5O. The lowest BCUT2D eigenvalue weighted by Gasteiger charge is -2.62. The lowest BCUT2D eigenvalue weighted by atomic mass is 10.1. The quantitative estimate of drug-likeness (QED) is 0.563. The maximum absolute atomic E-state index is 6.01. The van der Waals surface area contributed by atoms with Crippen LogP contribution in [0.5, 0.6) is 0 Å². The van der Waals surface area contributed by atoms with Crippen molar-refractivity contribution in [2.24, 2.45) is 0 Å². The Bertz CT molecular complexity index is 284. The van der Waals surface area contributed by atoms with Crippen molar-refractivity contribution in [3.05, 3.63) is 0 Å². The first-order valence-electron chi connectivity index (χ1n) is 6.52. The molecule has 0 aromatic heterocycles. The predicted molar refractivity (Wildman–Crippen MR) is 62.7 cm³/mol. The van der Waals surface area contributed by atoms with Crippen molar-refractivity contribution in [1.82, 2.24) is 24.5 Å². The Morgan fingerprint density at radius 2 is 1.59 bits per heavy atom. The summed E-state index contributed by atoms with van der Waals surface area (Å²) in [5.41, 5.74) is 0. The van der Waals surface area contributed by atoms with Crippen molar-refractivity contribution in [2.45, 2.75) is 12.3 Å². The molecule has 0 aromatic rings. The molecule has 0 aromatic carbocycles. The van der Waals surface area contributed by atoms with E-state index in [-0.39, 0.29) is 0 Å². The van der Waals surface area contributed by atoms with E-state index < -0.39 is 0 Å². The fourth-order valence-electron chi connectivity index (χ4n) is 3.70. The monoisotopic (exact) mass is 239 g/mol. The SMILES string of the molecule is CN1CCOC(C2N3CN4CN(C3)CN2C4)C1. The zero-order chi connectivity index (χ0) is 11.4. The minimum Gasteiger partial charge on any atom is -0.373 e. The van der Waals surface area contributed by atoms with Crippen LogP contribution in [0.3, 0.4) is 0 Å². The van der Waals surface area contributed by atoms with Crippen LogP contribution in [0.15, 0.2) is 0 Å². The minimum absolute atomic E-state index is 0.358. The second-order valence-corrected chi connectivity index (χ2v) is 5.81. The largest absolute Gasteiger partial charge is 0.373 e. The van der Waals surface area contributed by atoms with Gasteiger partial charge in [0.25, 0.3) is 0 Å². The molecule has 0 aliphatic carbocycles. The molecule has 0 saturated carbocycles. The van der Waals surface area contributed by atoms with Crippen molar-refractivity contribution < 1.29 is 4.74 Å². The molecule has 5 saturated heterocycles. The summed E-state index contributed by atoms with van der Waals surface area (Å²) in [5, 5.41) is 0. The Labute approximate surface area is 102 Å². The maximum Gasteiger partial charge on any atom is 0.0992 e. The number of hydrogen-bond donors (Lipinski definition) is 0. The van der Waals surface area contributed by atoms with Crippen LogP contribution in [0.1, 0.15) is 0 Å². The number of rotatable bonds is 1. The van der Waals surface area contributed by atoms with Gasteiger partial charge in [0.05, 0.1) is 52.2 Å². The third-order valence-electron chi connectivity index (χ3n) is 4.30. The van der Waals surface area contributed by atoms with Crippen LogP contribution in [0.2, 0.25) is 0 Å². The maximum atomic E-state index is 6.01. The molecule has 96 valence electrons. The molecule has 6 nitrogen and oxygen atoms in total. The second kappa shape index (κ2) is 3.88. The Morgan fingerprint density at radius 1 is 0.941 bits per heavy atom. The highest BCUT2D eigenvalue weighted by molar-refractivity contribution is 4.93. The molecule has 0 radical (unpaired) electrons. The van der Waals surface area contributed by atoms with Gasteiger partial charge in [-0.05, 0) is 7.05 Å². The molecule has 5 aliphatic heterocycles. The van der Waals surface area contributed by atoms with Gasteiger partial charge in [-0.1, -0.05) is 0 Å². The fourth-order valence-corrected chi connectivity index (χ4v) is 3.70. The average molecular weight is 239 g/mol. The predicted octanol–water partition coefficient (Wildman–Crippen LogP) is -1.32. The van der Waals surface area contributed by atoms with E-state index in [4.69, 9.17) is 4.74 Å². The minimum atomic E-state index is 0.358. The summed E-state index contributed by atoms with van der Waals surface area (Å²) < 4.78 is 6.01. The summed E-state index contributed by atoms with van der Waals surface area (Å²) in [6, 6.07) is 0. The molecule has 4 bridgehead atoms. The van der Waals surface area contributed by atoms with Crippen LogP contribution in [-0.2, 0) is 4.74 Å². The number of likely N-dealkylation sites (N-methyl/N-ethyl adjacent to an activating group) is 1. The van der Waals surface area contributed by atoms with Crippen molar-refractivity contribution in [3.63, 3.8) is 0 Å². The zero-order valence-corrected chi connectivity index (χ0v) is 10.5. The number of hydrogen-bond acceptors (Lipinski definition) is 6. The Kier molecular flexibility index (Phi) is 2.43. The average Bonchev–Trinajstić information content (AvgIpc) is 2.27. The van der Waals surface area contributed by atoms with Crippen molar-refractivity contribution in [3.8, 4) is 0 Å². The summed E-state index contributed by atoms with van der Waals surface area (Å²) in [5.74, 6) is 0. The van der Waals surface area contributed by atoms with Crippen LogP contribution >= 0.6 is 0 Å². The van der Waals surface area contributed by atoms with E-state index in [1.807, 2.05) is 0 Å². The lowest BCUT2D eigenvalue weighted by Crippen LogP contribution is -2.78. The summed E-state index contributed by atoms with van der Waals surface area (Å²) in [6.07, 6.45) is 0.849. The van der Waals surface area contributed by atoms with Gasteiger partial charge in [0.2, 0.25) is 0 Å². The summed E-state index contributed by atoms with van der Waals surface area (Å²) in [7, 11) is 2.20. The molecule has 17 heavy (non-hydrogen) atoms. The molecule has 6 heteroatoms. The van der Waals surface area contributed by atoms with Gasteiger partial charge in [0.15, 0.2) is 0 Å². The highest BCUT2D eigenvalue weighted by Crippen LogP contribution is 2.29. The van der Waals surface area contributed by atoms with Gasteiger partial charge in [-0.25, -0.2) is 0 Å². The van der Waals surface area contributed by atoms with Crippen LogP contribution in [-0.4, -0.2) is 96.9 Å². The molecule has 5 rings (SSSR count). The van der Waals surface area contributed by atoms with Crippen LogP contribution in [0.25, 0.3) is 0 Å². The normalized spacial score (nSPS) is 54.2. The van der Waals surface area contributed by atoms with Crippen LogP contribution in [0.4, 0.5) is 0 Å². The van der Waals surface area contributed by atoms with Gasteiger partial charge in [-0.3, -0.25) is 19.6 Å². The topological polar surface area (TPSA) is 25.4 Å². The molecule has 5 heterocycles. The van der Waals surface area contributed by atoms with Gasteiger partial charge >= 0.3 is 0 Å². The van der Waals surface area contributed by atoms with Crippen LogP contribution in [0, 0.1) is 0 Å². The number of morpholine rings is 1. The Balaban J connectivity index is 1.53. The molecule has 0 amide bonds. The van der Waals surface area contributed by atoms with E-state index >= 15 is 0 Å². The van der Waals surface area contributed by atoms with Crippen molar-refractivity contribution >= 4 is 0 Å². The smallest absolute Gasteiger partial charge is 0.0992 e. The van der Waals surface area contributed by atoms with E-state index in [1.54, 1.807) is 0 Å². The first-order valence-corrected chi connectivity index (χ1v) is 6.52. The van der Waals surface area contributed by atoms with E-state index in [9.17, 15) is 0 Å². The third kappa shape index (κ3) is 1.71. The Hall–Kier alpha value is -0.240. The van der Waals surface area contributed by atoms with E-state index in [0.717, 1.165) is 53.0 Å². The molecule has 1 unspecified atom stereocenters. The van der Waals surface area contributed by atoms with E-state index in [1.165, 1.54) is 0 Å². The second-order valence-electron chi connectivity index (χ2n) is 5.81. The first-order chi connectivity index (χ1) is 8.29. The molecule has 5 aliphatic rings. The number of ether oxygens (including phenoxy) is 1. The summed E-state index contributed by atoms with van der Waals surface area (Å²) >= 11 is 0. The van der Waals surface area contributed by atoms with Gasteiger partial charge in [0, 0.05) is 13.1 Å². The van der Waals surface area contributed by atoms with Gasteiger partial charge in [-0.15, -0.1) is 0 Å². The molecule has 5 fully saturated rings. The number of nitrogens with zero attached hydrogens (tertiary/aromatic N) is 5. The highest BCUT2D eigenvalue weighted by Gasteiger charge is 2.47. The van der Waals surface area contributed by atoms with Gasteiger partial charge < -0.3 is 9.64 Å². The van der Waals surface area contributed by atoms with Crippen molar-refractivity contribution in [2.75, 3.05) is 60.1 Å². The zero-order valence-electron chi connectivity index (χ0n) is 10.5. The lowest BCUT2D eigenvalue weighted by molar-refractivity contribution is -0.261. The molecule has 0 N–H and O–H groups in total. The van der Waals surface area contributed by atoms with E-state index in [2.05, 4.69) is 31.5 Å². The van der Waals surface area contributed by atoms with E-state index in [0.29, 0.717) is 12.3 Å².